The predicted molar refractivity (Wildman–Crippen MR) is 117 cm³/mol. The van der Waals surface area contributed by atoms with E-state index in [2.05, 4.69) is 0 Å². The van der Waals surface area contributed by atoms with Crippen molar-refractivity contribution in [1.29, 1.82) is 0 Å². The lowest BCUT2D eigenvalue weighted by Gasteiger charge is -2.11. The molecule has 16 heteroatoms. The molecule has 0 aliphatic heterocycles. The second-order valence-electron chi connectivity index (χ2n) is 7.07. The standard InChI is InChI=1S/C18H14N2O10S4/c21-15-9-7-11-12(18(24)20(17(11)23)30-34(27,28)14-4-2-6-32-14)8-10(9)16(22)19(15)29-33(25,26)13-3-1-5-31-13/h1-6,21-24H,7-8H2. The topological polar surface area (TPSA) is 178 Å². The van der Waals surface area contributed by atoms with E-state index in [1.54, 1.807) is 0 Å². The Kier molecular flexibility index (Phi) is 5.01. The summed E-state index contributed by atoms with van der Waals surface area (Å²) in [6, 6.07) is 5.54. The molecule has 4 aromatic heterocycles. The summed E-state index contributed by atoms with van der Waals surface area (Å²) in [6.45, 7) is 0. The molecule has 0 radical (unpaired) electrons. The maximum atomic E-state index is 12.4. The molecule has 0 atom stereocenters. The van der Waals surface area contributed by atoms with Crippen LogP contribution in [0.1, 0.15) is 22.3 Å². The molecule has 0 bridgehead atoms. The molecule has 0 aromatic carbocycles. The van der Waals surface area contributed by atoms with Gasteiger partial charge in [0.1, 0.15) is 0 Å². The first-order valence-corrected chi connectivity index (χ1v) is 13.8. The van der Waals surface area contributed by atoms with Crippen molar-refractivity contribution in [3.63, 3.8) is 0 Å². The number of aromatic hydroxyl groups is 4. The van der Waals surface area contributed by atoms with Gasteiger partial charge in [0.2, 0.25) is 23.5 Å². The number of hydrogen-bond acceptors (Lipinski definition) is 12. The molecule has 0 fully saturated rings. The van der Waals surface area contributed by atoms with Gasteiger partial charge in [-0.2, -0.15) is 16.8 Å². The molecule has 180 valence electrons. The third-order valence-corrected chi connectivity index (χ3v) is 10.2. The van der Waals surface area contributed by atoms with Gasteiger partial charge in [-0.15, -0.1) is 22.7 Å². The van der Waals surface area contributed by atoms with Gasteiger partial charge in [-0.3, -0.25) is 8.57 Å². The highest BCUT2D eigenvalue weighted by atomic mass is 32.3. The predicted octanol–water partition coefficient (Wildman–Crippen LogP) is 1.36. The third kappa shape index (κ3) is 3.37. The van der Waals surface area contributed by atoms with Crippen LogP contribution in [0.3, 0.4) is 0 Å². The molecule has 0 saturated carbocycles. The molecule has 4 N–H and O–H groups in total. The maximum absolute atomic E-state index is 12.4. The Morgan fingerprint density at radius 2 is 0.971 bits per heavy atom. The fraction of sp³-hybridized carbons (Fsp3) is 0.111. The zero-order valence-corrected chi connectivity index (χ0v) is 19.9. The van der Waals surface area contributed by atoms with Crippen LogP contribution in [0.4, 0.5) is 0 Å². The highest BCUT2D eigenvalue weighted by Gasteiger charge is 2.37. The molecule has 5 rings (SSSR count). The Balaban J connectivity index is 1.51. The quantitative estimate of drug-likeness (QED) is 0.243. The summed E-state index contributed by atoms with van der Waals surface area (Å²) in [5, 5.41) is 45.3. The lowest BCUT2D eigenvalue weighted by molar-refractivity contribution is 0.200. The van der Waals surface area contributed by atoms with Gasteiger partial charge in [-0.25, -0.2) is 0 Å². The molecule has 12 nitrogen and oxygen atoms in total. The molecular formula is C18H14N2O10S4. The normalized spacial score (nSPS) is 13.4. The lowest BCUT2D eigenvalue weighted by atomic mass is 9.90. The molecule has 0 spiro atoms. The van der Waals surface area contributed by atoms with Crippen LogP contribution >= 0.6 is 22.7 Å². The van der Waals surface area contributed by atoms with Crippen LogP contribution in [0, 0.1) is 0 Å². The average molecular weight is 547 g/mol. The van der Waals surface area contributed by atoms with Crippen molar-refractivity contribution in [3.05, 3.63) is 57.3 Å². The summed E-state index contributed by atoms with van der Waals surface area (Å²) in [7, 11) is -8.72. The minimum atomic E-state index is -4.36. The minimum Gasteiger partial charge on any atom is -0.492 e. The van der Waals surface area contributed by atoms with E-state index >= 15 is 0 Å². The Labute approximate surface area is 199 Å². The Bertz CT molecular complexity index is 1440. The van der Waals surface area contributed by atoms with E-state index in [9.17, 15) is 37.3 Å². The number of aromatic nitrogens is 2. The third-order valence-electron chi connectivity index (χ3n) is 5.11. The first kappa shape index (κ1) is 22.5. The number of fused-ring (bicyclic) bond motifs is 2. The summed E-state index contributed by atoms with van der Waals surface area (Å²) in [4.78, 5) is 0. The summed E-state index contributed by atoms with van der Waals surface area (Å²) in [6.07, 6.45) is -0.595. The first-order chi connectivity index (χ1) is 16.0. The average Bonchev–Trinajstić information content (AvgIpc) is 3.58. The van der Waals surface area contributed by atoms with Crippen LogP contribution < -0.4 is 8.57 Å². The van der Waals surface area contributed by atoms with Gasteiger partial charge in [0.05, 0.1) is 0 Å². The fourth-order valence-electron chi connectivity index (χ4n) is 3.55. The molecule has 4 heterocycles. The fourth-order valence-corrected chi connectivity index (χ4v) is 7.22. The first-order valence-electron chi connectivity index (χ1n) is 9.27. The zero-order chi connectivity index (χ0) is 24.4. The van der Waals surface area contributed by atoms with E-state index in [4.69, 9.17) is 8.57 Å². The molecule has 1 aliphatic rings. The smallest absolute Gasteiger partial charge is 0.366 e. The van der Waals surface area contributed by atoms with Crippen LogP contribution in [0.25, 0.3) is 0 Å². The van der Waals surface area contributed by atoms with Gasteiger partial charge >= 0.3 is 20.2 Å². The largest absolute Gasteiger partial charge is 0.492 e. The molecular weight excluding hydrogens is 532 g/mol. The van der Waals surface area contributed by atoms with Crippen molar-refractivity contribution in [1.82, 2.24) is 9.46 Å². The molecule has 34 heavy (non-hydrogen) atoms. The van der Waals surface area contributed by atoms with Gasteiger partial charge in [0.25, 0.3) is 0 Å². The van der Waals surface area contributed by atoms with E-state index in [0.717, 1.165) is 22.7 Å². The number of thiophene rings is 2. The van der Waals surface area contributed by atoms with Crippen LogP contribution in [0.5, 0.6) is 23.5 Å². The second-order valence-corrected chi connectivity index (χ2v) is 12.5. The number of hydrogen-bond donors (Lipinski definition) is 4. The van der Waals surface area contributed by atoms with Crippen LogP contribution in [0.15, 0.2) is 43.4 Å². The molecule has 0 saturated heterocycles. The highest BCUT2D eigenvalue weighted by Crippen LogP contribution is 2.46. The summed E-state index contributed by atoms with van der Waals surface area (Å²) in [5.74, 6) is -2.96. The summed E-state index contributed by atoms with van der Waals surface area (Å²) < 4.78 is 59.8. The van der Waals surface area contributed by atoms with Gasteiger partial charge in [-0.1, -0.05) is 21.6 Å². The summed E-state index contributed by atoms with van der Waals surface area (Å²) >= 11 is 1.75. The van der Waals surface area contributed by atoms with Gasteiger partial charge in [-0.05, 0) is 22.9 Å². The molecule has 1 aliphatic carbocycles. The lowest BCUT2D eigenvalue weighted by Crippen LogP contribution is -2.19. The maximum Gasteiger partial charge on any atom is 0.366 e. The molecule has 0 unspecified atom stereocenters. The van der Waals surface area contributed by atoms with Crippen molar-refractivity contribution in [2.45, 2.75) is 21.3 Å². The highest BCUT2D eigenvalue weighted by molar-refractivity contribution is 7.89. The van der Waals surface area contributed by atoms with Crippen molar-refractivity contribution in [2.24, 2.45) is 0 Å². The second kappa shape index (κ2) is 7.59. The number of rotatable bonds is 6. The van der Waals surface area contributed by atoms with Crippen LogP contribution in [-0.2, 0) is 33.1 Å². The van der Waals surface area contributed by atoms with Crippen LogP contribution in [0.2, 0.25) is 0 Å². The van der Waals surface area contributed by atoms with E-state index in [0.29, 0.717) is 9.46 Å². The molecule has 0 amide bonds. The van der Waals surface area contributed by atoms with E-state index in [1.807, 2.05) is 0 Å². The Hall–Kier alpha value is -3.34. The SMILES string of the molecule is O=S(=O)(On1c(O)c2c(c1O)Cc1c(c(O)n(OS(=O)(=O)c3cccs3)c1O)C2)c1cccs1. The monoisotopic (exact) mass is 546 g/mol. The van der Waals surface area contributed by atoms with Crippen molar-refractivity contribution in [3.8, 4) is 23.5 Å². The van der Waals surface area contributed by atoms with Crippen molar-refractivity contribution >= 4 is 42.9 Å². The number of nitrogens with zero attached hydrogens (tertiary/aromatic N) is 2. The van der Waals surface area contributed by atoms with Crippen molar-refractivity contribution < 1.29 is 45.8 Å². The van der Waals surface area contributed by atoms with Gasteiger partial charge in [0.15, 0.2) is 8.42 Å². The van der Waals surface area contributed by atoms with Crippen molar-refractivity contribution in [2.75, 3.05) is 0 Å². The Morgan fingerprint density at radius 1 is 0.647 bits per heavy atom. The van der Waals surface area contributed by atoms with E-state index < -0.39 is 43.8 Å². The van der Waals surface area contributed by atoms with E-state index in [-0.39, 0.29) is 43.5 Å². The summed E-state index contributed by atoms with van der Waals surface area (Å²) in [5.41, 5.74) is 0.0553. The minimum absolute atomic E-state index is 0.0138. The van der Waals surface area contributed by atoms with Gasteiger partial charge < -0.3 is 20.4 Å². The zero-order valence-electron chi connectivity index (χ0n) is 16.6. The van der Waals surface area contributed by atoms with Crippen LogP contribution in [-0.4, -0.2) is 46.7 Å². The van der Waals surface area contributed by atoms with Gasteiger partial charge in [0, 0.05) is 35.1 Å². The Morgan fingerprint density at radius 3 is 1.24 bits per heavy atom. The van der Waals surface area contributed by atoms with E-state index in [1.165, 1.54) is 35.0 Å². The molecule has 4 aromatic rings.